The van der Waals surface area contributed by atoms with Gasteiger partial charge in [-0.1, -0.05) is 36.4 Å². The molecule has 30 heavy (non-hydrogen) atoms. The lowest BCUT2D eigenvalue weighted by Crippen LogP contribution is -2.30. The second-order valence-corrected chi connectivity index (χ2v) is 7.55. The Balaban J connectivity index is 1.73. The number of halogens is 3. The highest BCUT2D eigenvalue weighted by Crippen LogP contribution is 2.34. The molecule has 0 aromatic heterocycles. The number of nitrogens with zero attached hydrogens (tertiary/aromatic N) is 3. The summed E-state index contributed by atoms with van der Waals surface area (Å²) in [6.07, 6.45) is -2.53. The van der Waals surface area contributed by atoms with Gasteiger partial charge in [0, 0.05) is 44.0 Å². The van der Waals surface area contributed by atoms with Gasteiger partial charge in [-0.2, -0.15) is 18.3 Å². The summed E-state index contributed by atoms with van der Waals surface area (Å²) in [6.45, 7) is 3.91. The second kappa shape index (κ2) is 9.90. The zero-order chi connectivity index (χ0) is 21.6. The first kappa shape index (κ1) is 22.0. The van der Waals surface area contributed by atoms with Gasteiger partial charge < -0.3 is 10.6 Å². The lowest BCUT2D eigenvalue weighted by atomic mass is 10.1. The molecule has 2 aromatic rings. The summed E-state index contributed by atoms with van der Waals surface area (Å²) in [6, 6.07) is 14.5. The number of nitrogens with two attached hydrogens (primary N) is 1. The quantitative estimate of drug-likeness (QED) is 0.427. The van der Waals surface area contributed by atoms with E-state index in [9.17, 15) is 13.2 Å². The fourth-order valence-electron chi connectivity index (χ4n) is 3.49. The fraction of sp³-hybridized carbons (Fsp3) is 0.333. The van der Waals surface area contributed by atoms with E-state index in [0.717, 1.165) is 32.3 Å². The predicted molar refractivity (Wildman–Crippen MR) is 118 cm³/mol. The Kier molecular flexibility index (Phi) is 7.28. The van der Waals surface area contributed by atoms with Crippen molar-refractivity contribution < 1.29 is 13.2 Å². The number of benzene rings is 2. The molecule has 1 aliphatic heterocycles. The molecule has 3 rings (SSSR count). The first-order valence-electron chi connectivity index (χ1n) is 9.64. The molecule has 1 aliphatic rings. The van der Waals surface area contributed by atoms with Crippen LogP contribution in [-0.2, 0) is 12.7 Å². The van der Waals surface area contributed by atoms with E-state index in [2.05, 4.69) is 39.8 Å². The van der Waals surface area contributed by atoms with Gasteiger partial charge in [0.15, 0.2) is 5.11 Å². The molecule has 0 saturated carbocycles. The Morgan fingerprint density at radius 3 is 2.57 bits per heavy atom. The van der Waals surface area contributed by atoms with E-state index in [0.29, 0.717) is 18.8 Å². The Morgan fingerprint density at radius 2 is 1.87 bits per heavy atom. The van der Waals surface area contributed by atoms with Crippen molar-refractivity contribution in [1.29, 1.82) is 0 Å². The van der Waals surface area contributed by atoms with Gasteiger partial charge in [0.2, 0.25) is 0 Å². The lowest BCUT2D eigenvalue weighted by molar-refractivity contribution is -0.137. The van der Waals surface area contributed by atoms with Crippen LogP contribution in [0.2, 0.25) is 0 Å². The highest BCUT2D eigenvalue weighted by atomic mass is 32.1. The molecule has 1 heterocycles. The molecule has 9 heteroatoms. The molecule has 0 aliphatic carbocycles. The van der Waals surface area contributed by atoms with Crippen molar-refractivity contribution in [3.8, 4) is 0 Å². The van der Waals surface area contributed by atoms with E-state index >= 15 is 0 Å². The summed E-state index contributed by atoms with van der Waals surface area (Å²) < 4.78 is 40.8. The molecular weight excluding hydrogens is 411 g/mol. The van der Waals surface area contributed by atoms with Gasteiger partial charge in [0.25, 0.3) is 0 Å². The highest BCUT2D eigenvalue weighted by molar-refractivity contribution is 7.80. The van der Waals surface area contributed by atoms with Crippen molar-refractivity contribution in [2.45, 2.75) is 19.1 Å². The van der Waals surface area contributed by atoms with E-state index in [1.54, 1.807) is 6.07 Å². The lowest BCUT2D eigenvalue weighted by Gasteiger charge is -2.25. The number of hydrazone groups is 1. The smallest absolute Gasteiger partial charge is 0.375 e. The molecule has 3 N–H and O–H groups in total. The van der Waals surface area contributed by atoms with Gasteiger partial charge in [-0.25, -0.2) is 0 Å². The molecule has 160 valence electrons. The van der Waals surface area contributed by atoms with E-state index in [1.807, 2.05) is 23.1 Å². The van der Waals surface area contributed by atoms with E-state index < -0.39 is 11.7 Å². The van der Waals surface area contributed by atoms with Crippen LogP contribution in [0.15, 0.2) is 53.6 Å². The Hall–Kier alpha value is -2.65. The predicted octanol–water partition coefficient (Wildman–Crippen LogP) is 3.58. The van der Waals surface area contributed by atoms with Crippen molar-refractivity contribution in [1.82, 2.24) is 10.3 Å². The number of anilines is 1. The third kappa shape index (κ3) is 6.17. The summed E-state index contributed by atoms with van der Waals surface area (Å²) >= 11 is 4.61. The SMILES string of the molecule is NC(=S)NN=Cc1ccc(N2CCCN(Cc3ccccc3)CC2)cc1C(F)(F)F. The van der Waals surface area contributed by atoms with Crippen molar-refractivity contribution in [3.05, 3.63) is 65.2 Å². The average Bonchev–Trinajstić information content (AvgIpc) is 2.93. The Labute approximate surface area is 179 Å². The maximum absolute atomic E-state index is 13.6. The van der Waals surface area contributed by atoms with Crippen LogP contribution in [0.4, 0.5) is 18.9 Å². The largest absolute Gasteiger partial charge is 0.417 e. The third-order valence-corrected chi connectivity index (χ3v) is 5.01. The van der Waals surface area contributed by atoms with Crippen molar-refractivity contribution in [2.75, 3.05) is 31.1 Å². The molecule has 1 fully saturated rings. The molecule has 2 aromatic carbocycles. The van der Waals surface area contributed by atoms with Gasteiger partial charge >= 0.3 is 6.18 Å². The number of hydrogen-bond acceptors (Lipinski definition) is 4. The standard InChI is InChI=1S/C21H24F3N5S/c22-21(23,24)19-13-18(8-7-17(19)14-26-27-20(25)30)29-10-4-9-28(11-12-29)15-16-5-2-1-3-6-16/h1-3,5-8,13-14H,4,9-12,15H2,(H3,25,27,30). The van der Waals surface area contributed by atoms with Crippen LogP contribution in [-0.4, -0.2) is 42.4 Å². The number of thiocarbonyl (C=S) groups is 1. The maximum atomic E-state index is 13.6. The summed E-state index contributed by atoms with van der Waals surface area (Å²) in [4.78, 5) is 4.34. The van der Waals surface area contributed by atoms with Gasteiger partial charge in [-0.15, -0.1) is 0 Å². The minimum Gasteiger partial charge on any atom is -0.375 e. The topological polar surface area (TPSA) is 56.9 Å². The zero-order valence-electron chi connectivity index (χ0n) is 16.4. The van der Waals surface area contributed by atoms with Crippen LogP contribution < -0.4 is 16.1 Å². The summed E-state index contributed by atoms with van der Waals surface area (Å²) in [7, 11) is 0. The molecule has 0 unspecified atom stereocenters. The van der Waals surface area contributed by atoms with E-state index in [-0.39, 0.29) is 10.7 Å². The average molecular weight is 436 g/mol. The van der Waals surface area contributed by atoms with Gasteiger partial charge in [0.05, 0.1) is 11.8 Å². The molecule has 0 atom stereocenters. The second-order valence-electron chi connectivity index (χ2n) is 7.11. The van der Waals surface area contributed by atoms with Crippen LogP contribution in [0.3, 0.4) is 0 Å². The van der Waals surface area contributed by atoms with Crippen LogP contribution in [0.25, 0.3) is 0 Å². The minimum atomic E-state index is -4.49. The molecule has 5 nitrogen and oxygen atoms in total. The summed E-state index contributed by atoms with van der Waals surface area (Å²) in [5.74, 6) is 0. The van der Waals surface area contributed by atoms with Crippen LogP contribution >= 0.6 is 12.2 Å². The molecule has 0 amide bonds. The van der Waals surface area contributed by atoms with Crippen LogP contribution in [0, 0.1) is 0 Å². The van der Waals surface area contributed by atoms with Gasteiger partial charge in [0.1, 0.15) is 0 Å². The molecule has 0 bridgehead atoms. The molecule has 0 radical (unpaired) electrons. The zero-order valence-corrected chi connectivity index (χ0v) is 17.2. The van der Waals surface area contributed by atoms with E-state index in [1.165, 1.54) is 17.7 Å². The van der Waals surface area contributed by atoms with Crippen molar-refractivity contribution in [3.63, 3.8) is 0 Å². The number of hydrogen-bond donors (Lipinski definition) is 2. The van der Waals surface area contributed by atoms with Crippen molar-refractivity contribution >= 4 is 29.2 Å². The summed E-state index contributed by atoms with van der Waals surface area (Å²) in [5.41, 5.74) is 8.54. The molecule has 1 saturated heterocycles. The fourth-order valence-corrected chi connectivity index (χ4v) is 3.55. The van der Waals surface area contributed by atoms with Crippen LogP contribution in [0.1, 0.15) is 23.1 Å². The Bertz CT molecular complexity index is 886. The Morgan fingerprint density at radius 1 is 1.10 bits per heavy atom. The maximum Gasteiger partial charge on any atom is 0.417 e. The summed E-state index contributed by atoms with van der Waals surface area (Å²) in [5, 5.41) is 3.55. The molecule has 0 spiro atoms. The number of alkyl halides is 3. The molecular formula is C21H24F3N5S. The number of nitrogens with one attached hydrogen (secondary N) is 1. The van der Waals surface area contributed by atoms with Crippen LogP contribution in [0.5, 0.6) is 0 Å². The van der Waals surface area contributed by atoms with Crippen molar-refractivity contribution in [2.24, 2.45) is 10.8 Å². The third-order valence-electron chi connectivity index (χ3n) is 4.92. The van der Waals surface area contributed by atoms with Gasteiger partial charge in [-0.3, -0.25) is 10.3 Å². The number of rotatable bonds is 5. The first-order valence-corrected chi connectivity index (χ1v) is 10.0. The van der Waals surface area contributed by atoms with Gasteiger partial charge in [-0.05, 0) is 36.3 Å². The minimum absolute atomic E-state index is 0.0458. The normalized spacial score (nSPS) is 15.9. The monoisotopic (exact) mass is 435 g/mol. The van der Waals surface area contributed by atoms with E-state index in [4.69, 9.17) is 5.73 Å². The highest BCUT2D eigenvalue weighted by Gasteiger charge is 2.34. The first-order chi connectivity index (χ1) is 14.3.